The van der Waals surface area contributed by atoms with Gasteiger partial charge in [0.25, 0.3) is 0 Å². The number of benzene rings is 2. The number of nitrogens with two attached hydrogens (primary N) is 2. The van der Waals surface area contributed by atoms with Gasteiger partial charge in [0.05, 0.1) is 5.69 Å². The Kier molecular flexibility index (Phi) is 3.16. The Morgan fingerprint density at radius 2 is 1.48 bits per heavy atom. The summed E-state index contributed by atoms with van der Waals surface area (Å²) in [5.41, 5.74) is 13.5. The Bertz CT molecular complexity index is 779. The number of nitrogens with zero attached hydrogens (tertiary/aromatic N) is 2. The summed E-state index contributed by atoms with van der Waals surface area (Å²) in [6, 6.07) is 18.2. The predicted octanol–water partition coefficient (Wildman–Crippen LogP) is 2.27. The van der Waals surface area contributed by atoms with E-state index >= 15 is 0 Å². The fourth-order valence-corrected chi connectivity index (χ4v) is 2.18. The molecule has 0 aliphatic rings. The average molecular weight is 278 g/mol. The van der Waals surface area contributed by atoms with Crippen molar-refractivity contribution in [2.24, 2.45) is 0 Å². The van der Waals surface area contributed by atoms with Gasteiger partial charge in [-0.15, -0.1) is 5.10 Å². The van der Waals surface area contributed by atoms with Crippen molar-refractivity contribution in [3.8, 4) is 5.69 Å². The molecule has 0 aliphatic carbocycles. The van der Waals surface area contributed by atoms with Crippen molar-refractivity contribution in [1.29, 1.82) is 0 Å². The minimum Gasteiger partial charge on any atom is -0.383 e. The fourth-order valence-electron chi connectivity index (χ4n) is 2.18. The molecule has 0 saturated carbocycles. The van der Waals surface area contributed by atoms with Crippen LogP contribution in [0, 0.1) is 0 Å². The number of hydrogen-bond acceptors (Lipinski definition) is 4. The van der Waals surface area contributed by atoms with Crippen molar-refractivity contribution in [3.05, 3.63) is 71.8 Å². The van der Waals surface area contributed by atoms with E-state index in [0.29, 0.717) is 5.56 Å². The largest absolute Gasteiger partial charge is 0.383 e. The number of hydrogen-bond donors (Lipinski definition) is 2. The summed E-state index contributed by atoms with van der Waals surface area (Å²) in [7, 11) is 0. The quantitative estimate of drug-likeness (QED) is 0.719. The highest BCUT2D eigenvalue weighted by atomic mass is 16.1. The predicted molar refractivity (Wildman–Crippen MR) is 82.3 cm³/mol. The summed E-state index contributed by atoms with van der Waals surface area (Å²) >= 11 is 0. The topological polar surface area (TPSA) is 86.9 Å². The third-order valence-corrected chi connectivity index (χ3v) is 3.21. The van der Waals surface area contributed by atoms with Gasteiger partial charge in [-0.05, 0) is 12.1 Å². The first-order valence-corrected chi connectivity index (χ1v) is 6.47. The van der Waals surface area contributed by atoms with Gasteiger partial charge < -0.3 is 11.5 Å². The van der Waals surface area contributed by atoms with Gasteiger partial charge >= 0.3 is 0 Å². The minimum absolute atomic E-state index is 0.130. The third kappa shape index (κ3) is 2.25. The monoisotopic (exact) mass is 278 g/mol. The Hall–Kier alpha value is -3.08. The van der Waals surface area contributed by atoms with Crippen molar-refractivity contribution in [3.63, 3.8) is 0 Å². The number of carbonyl (C=O) groups is 1. The number of para-hydroxylation sites is 1. The first kappa shape index (κ1) is 12.9. The Morgan fingerprint density at radius 1 is 0.905 bits per heavy atom. The number of anilines is 2. The number of rotatable bonds is 3. The second-order valence-electron chi connectivity index (χ2n) is 4.59. The molecule has 1 aromatic heterocycles. The van der Waals surface area contributed by atoms with Crippen molar-refractivity contribution in [2.45, 2.75) is 0 Å². The molecule has 5 heteroatoms. The average Bonchev–Trinajstić information content (AvgIpc) is 2.83. The number of nitrogen functional groups attached to an aromatic ring is 2. The van der Waals surface area contributed by atoms with E-state index < -0.39 is 0 Å². The zero-order chi connectivity index (χ0) is 14.8. The number of carbonyl (C=O) groups excluding carboxylic acids is 1. The maximum absolute atomic E-state index is 12.5. The standard InChI is InChI=1S/C16H14N4O/c17-15-13(14(21)11-7-3-1-4-8-11)16(18)20(19-15)12-9-5-2-6-10-12/h1-10H,18H2,(H2,17,19). The van der Waals surface area contributed by atoms with Crippen molar-refractivity contribution in [2.75, 3.05) is 11.5 Å². The van der Waals surface area contributed by atoms with Gasteiger partial charge in [-0.1, -0.05) is 48.5 Å². The molecule has 0 radical (unpaired) electrons. The van der Waals surface area contributed by atoms with Crippen LogP contribution in [0.2, 0.25) is 0 Å². The normalized spacial score (nSPS) is 10.5. The van der Waals surface area contributed by atoms with Crippen LogP contribution >= 0.6 is 0 Å². The van der Waals surface area contributed by atoms with E-state index in [1.165, 1.54) is 4.68 Å². The molecular formula is C16H14N4O. The Labute approximate surface area is 121 Å². The van der Waals surface area contributed by atoms with E-state index in [1.54, 1.807) is 24.3 Å². The van der Waals surface area contributed by atoms with Crippen LogP contribution in [-0.2, 0) is 0 Å². The zero-order valence-corrected chi connectivity index (χ0v) is 11.2. The molecule has 5 nitrogen and oxygen atoms in total. The summed E-state index contributed by atoms with van der Waals surface area (Å²) in [5.74, 6) is 0.144. The molecule has 0 bridgehead atoms. The minimum atomic E-state index is -0.229. The van der Waals surface area contributed by atoms with Gasteiger partial charge in [-0.2, -0.15) is 0 Å². The van der Waals surface area contributed by atoms with E-state index in [4.69, 9.17) is 11.5 Å². The maximum atomic E-state index is 12.5. The van der Waals surface area contributed by atoms with Gasteiger partial charge in [0.15, 0.2) is 5.82 Å². The van der Waals surface area contributed by atoms with Crippen LogP contribution < -0.4 is 11.5 Å². The van der Waals surface area contributed by atoms with Crippen LogP contribution in [0.15, 0.2) is 60.7 Å². The molecule has 0 atom stereocenters. The second kappa shape index (κ2) is 5.13. The molecule has 0 unspecified atom stereocenters. The lowest BCUT2D eigenvalue weighted by atomic mass is 10.1. The summed E-state index contributed by atoms with van der Waals surface area (Å²) in [5, 5.41) is 4.18. The van der Waals surface area contributed by atoms with Gasteiger partial charge in [0, 0.05) is 5.56 Å². The van der Waals surface area contributed by atoms with Gasteiger partial charge in [-0.3, -0.25) is 4.79 Å². The first-order chi connectivity index (χ1) is 10.2. The molecule has 0 amide bonds. The highest BCUT2D eigenvalue weighted by Gasteiger charge is 2.22. The van der Waals surface area contributed by atoms with E-state index in [1.807, 2.05) is 36.4 Å². The van der Waals surface area contributed by atoms with Gasteiger partial charge in [0.1, 0.15) is 11.4 Å². The van der Waals surface area contributed by atoms with Crippen LogP contribution in [0.25, 0.3) is 5.69 Å². The summed E-state index contributed by atoms with van der Waals surface area (Å²) in [6.45, 7) is 0. The van der Waals surface area contributed by atoms with E-state index in [-0.39, 0.29) is 23.0 Å². The lowest BCUT2D eigenvalue weighted by Gasteiger charge is -2.04. The van der Waals surface area contributed by atoms with Crippen molar-refractivity contribution in [1.82, 2.24) is 9.78 Å². The van der Waals surface area contributed by atoms with E-state index in [9.17, 15) is 4.79 Å². The molecule has 4 N–H and O–H groups in total. The first-order valence-electron chi connectivity index (χ1n) is 6.47. The highest BCUT2D eigenvalue weighted by molar-refractivity contribution is 6.14. The van der Waals surface area contributed by atoms with Crippen LogP contribution in [0.4, 0.5) is 11.6 Å². The van der Waals surface area contributed by atoms with Crippen molar-refractivity contribution >= 4 is 17.4 Å². The summed E-state index contributed by atoms with van der Waals surface area (Å²) in [6.07, 6.45) is 0. The molecule has 0 aliphatic heterocycles. The molecule has 1 heterocycles. The summed E-state index contributed by atoms with van der Waals surface area (Å²) in [4.78, 5) is 12.5. The molecule has 0 spiro atoms. The van der Waals surface area contributed by atoms with Crippen LogP contribution in [-0.4, -0.2) is 15.6 Å². The Balaban J connectivity index is 2.09. The molecule has 104 valence electrons. The Morgan fingerprint density at radius 3 is 2.10 bits per heavy atom. The van der Waals surface area contributed by atoms with Crippen LogP contribution in [0.1, 0.15) is 15.9 Å². The fraction of sp³-hybridized carbons (Fsp3) is 0. The van der Waals surface area contributed by atoms with E-state index in [0.717, 1.165) is 5.69 Å². The second-order valence-corrected chi connectivity index (χ2v) is 4.59. The molecule has 3 aromatic rings. The van der Waals surface area contributed by atoms with Crippen LogP contribution in [0.3, 0.4) is 0 Å². The SMILES string of the molecule is Nc1nn(-c2ccccc2)c(N)c1C(=O)c1ccccc1. The smallest absolute Gasteiger partial charge is 0.200 e. The van der Waals surface area contributed by atoms with Gasteiger partial charge in [0.2, 0.25) is 5.78 Å². The maximum Gasteiger partial charge on any atom is 0.200 e. The molecule has 2 aromatic carbocycles. The third-order valence-electron chi connectivity index (χ3n) is 3.21. The summed E-state index contributed by atoms with van der Waals surface area (Å²) < 4.78 is 1.48. The van der Waals surface area contributed by atoms with E-state index in [2.05, 4.69) is 5.10 Å². The van der Waals surface area contributed by atoms with Crippen molar-refractivity contribution < 1.29 is 4.79 Å². The van der Waals surface area contributed by atoms with Crippen LogP contribution in [0.5, 0.6) is 0 Å². The number of ketones is 1. The highest BCUT2D eigenvalue weighted by Crippen LogP contribution is 2.25. The molecular weight excluding hydrogens is 264 g/mol. The molecule has 0 fully saturated rings. The molecule has 3 rings (SSSR count). The lowest BCUT2D eigenvalue weighted by Crippen LogP contribution is -2.08. The molecule has 21 heavy (non-hydrogen) atoms. The van der Waals surface area contributed by atoms with Gasteiger partial charge in [-0.25, -0.2) is 4.68 Å². The zero-order valence-electron chi connectivity index (χ0n) is 11.2. The molecule has 0 saturated heterocycles. The number of aromatic nitrogens is 2. The lowest BCUT2D eigenvalue weighted by molar-refractivity contribution is 0.104.